The van der Waals surface area contributed by atoms with E-state index in [4.69, 9.17) is 11.6 Å². The minimum atomic E-state index is -0.215. The number of rotatable bonds is 8. The van der Waals surface area contributed by atoms with Gasteiger partial charge in [-0.2, -0.15) is 0 Å². The van der Waals surface area contributed by atoms with Gasteiger partial charge in [-0.3, -0.25) is 9.59 Å². The number of amides is 1. The van der Waals surface area contributed by atoms with Gasteiger partial charge >= 0.3 is 0 Å². The zero-order valence-corrected chi connectivity index (χ0v) is 23.1. The van der Waals surface area contributed by atoms with E-state index in [1.165, 1.54) is 12.8 Å². The summed E-state index contributed by atoms with van der Waals surface area (Å²) in [5, 5.41) is 3.53. The van der Waals surface area contributed by atoms with Crippen molar-refractivity contribution in [2.24, 2.45) is 0 Å². The number of hydrogen-bond acceptors (Lipinski definition) is 4. The van der Waals surface area contributed by atoms with Crippen LogP contribution in [-0.2, 0) is 6.54 Å². The summed E-state index contributed by atoms with van der Waals surface area (Å²) in [6.45, 7) is 11.1. The average Bonchev–Trinajstić information content (AvgIpc) is 2.80. The number of aromatic amines is 1. The molecule has 1 aliphatic carbocycles. The van der Waals surface area contributed by atoms with Crippen LogP contribution in [0.2, 0.25) is 5.02 Å². The number of benzene rings is 1. The SMILES string of the molecule is CCN(c1cc(Cl)cc(C(=O)NCc2c(C(C)C)[nH]c(C)cc2=O)c1C)[C@H]1CC[C@H](N(C)C)CC1. The van der Waals surface area contributed by atoms with Gasteiger partial charge in [0.05, 0.1) is 0 Å². The summed E-state index contributed by atoms with van der Waals surface area (Å²) >= 11 is 6.53. The van der Waals surface area contributed by atoms with Gasteiger partial charge in [0.15, 0.2) is 5.43 Å². The van der Waals surface area contributed by atoms with E-state index >= 15 is 0 Å². The van der Waals surface area contributed by atoms with Crippen LogP contribution in [0, 0.1) is 13.8 Å². The van der Waals surface area contributed by atoms with Crippen LogP contribution in [0.25, 0.3) is 0 Å². The minimum absolute atomic E-state index is 0.0563. The Morgan fingerprint density at radius 3 is 2.31 bits per heavy atom. The number of aryl methyl sites for hydroxylation is 1. The smallest absolute Gasteiger partial charge is 0.251 e. The molecular formula is C28H41ClN4O2. The second kappa shape index (κ2) is 11.6. The van der Waals surface area contributed by atoms with Crippen LogP contribution in [0.1, 0.15) is 85.2 Å². The molecule has 0 bridgehead atoms. The lowest BCUT2D eigenvalue weighted by molar-refractivity contribution is 0.0950. The van der Waals surface area contributed by atoms with Crippen LogP contribution >= 0.6 is 11.6 Å². The number of anilines is 1. The van der Waals surface area contributed by atoms with Crippen molar-refractivity contribution >= 4 is 23.2 Å². The summed E-state index contributed by atoms with van der Waals surface area (Å²) in [5.41, 5.74) is 4.74. The molecule has 0 radical (unpaired) electrons. The summed E-state index contributed by atoms with van der Waals surface area (Å²) in [6.07, 6.45) is 4.59. The van der Waals surface area contributed by atoms with Crippen molar-refractivity contribution in [2.75, 3.05) is 25.5 Å². The van der Waals surface area contributed by atoms with Gasteiger partial charge in [0, 0.05) is 64.5 Å². The maximum absolute atomic E-state index is 13.3. The van der Waals surface area contributed by atoms with Gasteiger partial charge in [-0.15, -0.1) is 0 Å². The second-order valence-corrected chi connectivity index (χ2v) is 10.8. The summed E-state index contributed by atoms with van der Waals surface area (Å²) in [7, 11) is 4.31. The zero-order chi connectivity index (χ0) is 25.9. The number of nitrogens with one attached hydrogen (secondary N) is 2. The molecule has 192 valence electrons. The van der Waals surface area contributed by atoms with Crippen LogP contribution in [-0.4, -0.2) is 48.5 Å². The largest absolute Gasteiger partial charge is 0.369 e. The quantitative estimate of drug-likeness (QED) is 0.509. The van der Waals surface area contributed by atoms with Crippen LogP contribution in [0.4, 0.5) is 5.69 Å². The number of nitrogens with zero attached hydrogens (tertiary/aromatic N) is 2. The molecule has 1 fully saturated rings. The Bertz CT molecular complexity index is 1100. The van der Waals surface area contributed by atoms with E-state index in [0.29, 0.717) is 28.2 Å². The van der Waals surface area contributed by atoms with Crippen LogP contribution < -0.4 is 15.6 Å². The van der Waals surface area contributed by atoms with Gasteiger partial charge in [-0.1, -0.05) is 25.4 Å². The van der Waals surface area contributed by atoms with Gasteiger partial charge in [-0.05, 0) is 84.2 Å². The lowest BCUT2D eigenvalue weighted by Crippen LogP contribution is -2.42. The average molecular weight is 501 g/mol. The highest BCUT2D eigenvalue weighted by Gasteiger charge is 2.28. The topological polar surface area (TPSA) is 68.4 Å². The highest BCUT2D eigenvalue weighted by Crippen LogP contribution is 2.34. The van der Waals surface area contributed by atoms with Gasteiger partial charge in [-0.25, -0.2) is 0 Å². The lowest BCUT2D eigenvalue weighted by atomic mass is 9.89. The van der Waals surface area contributed by atoms with E-state index in [1.807, 2.05) is 33.8 Å². The predicted molar refractivity (Wildman–Crippen MR) is 146 cm³/mol. The zero-order valence-electron chi connectivity index (χ0n) is 22.3. The van der Waals surface area contributed by atoms with Crippen LogP contribution in [0.3, 0.4) is 0 Å². The van der Waals surface area contributed by atoms with E-state index in [2.05, 4.69) is 41.1 Å². The number of pyridine rings is 1. The summed E-state index contributed by atoms with van der Waals surface area (Å²) in [4.78, 5) is 34.0. The molecule has 1 heterocycles. The molecule has 7 heteroatoms. The second-order valence-electron chi connectivity index (χ2n) is 10.4. The molecule has 1 aliphatic rings. The molecule has 2 N–H and O–H groups in total. The molecule has 0 saturated heterocycles. The third-order valence-electron chi connectivity index (χ3n) is 7.38. The summed E-state index contributed by atoms with van der Waals surface area (Å²) in [5.74, 6) is -0.0667. The molecule has 35 heavy (non-hydrogen) atoms. The van der Waals surface area contributed by atoms with Crippen molar-refractivity contribution in [1.82, 2.24) is 15.2 Å². The fourth-order valence-corrected chi connectivity index (χ4v) is 5.60. The van der Waals surface area contributed by atoms with E-state index in [9.17, 15) is 9.59 Å². The third-order valence-corrected chi connectivity index (χ3v) is 7.60. The van der Waals surface area contributed by atoms with Gasteiger partial charge in [0.25, 0.3) is 5.91 Å². The van der Waals surface area contributed by atoms with Crippen molar-refractivity contribution in [2.45, 2.75) is 84.8 Å². The number of hydrogen-bond donors (Lipinski definition) is 2. The first kappa shape index (κ1) is 27.3. The molecule has 1 amide bonds. The van der Waals surface area contributed by atoms with Gasteiger partial charge in [0.1, 0.15) is 0 Å². The first-order chi connectivity index (χ1) is 16.5. The fourth-order valence-electron chi connectivity index (χ4n) is 5.39. The van der Waals surface area contributed by atoms with E-state index < -0.39 is 0 Å². The summed E-state index contributed by atoms with van der Waals surface area (Å²) in [6, 6.07) is 6.36. The molecule has 0 spiro atoms. The molecule has 6 nitrogen and oxygen atoms in total. The predicted octanol–water partition coefficient (Wildman–Crippen LogP) is 5.40. The molecule has 1 aromatic heterocycles. The molecule has 0 atom stereocenters. The first-order valence-electron chi connectivity index (χ1n) is 12.8. The standard InChI is InChI=1S/C28H41ClN4O2/c1-8-33(22-11-9-21(10-12-22)32(6)7)25-15-20(29)14-23(19(25)5)28(35)30-16-24-26(34)13-18(4)31-27(24)17(2)3/h13-15,17,21-22H,8-12,16H2,1-7H3,(H,30,35)(H,31,34)/t21-,22-. The molecule has 1 saturated carbocycles. The number of carbonyl (C=O) groups is 1. The van der Waals surface area contributed by atoms with Crippen molar-refractivity contribution in [3.63, 3.8) is 0 Å². The van der Waals surface area contributed by atoms with Crippen LogP contribution in [0.15, 0.2) is 23.0 Å². The Morgan fingerprint density at radius 1 is 1.11 bits per heavy atom. The summed E-state index contributed by atoms with van der Waals surface area (Å²) < 4.78 is 0. The van der Waals surface area contributed by atoms with Crippen LogP contribution in [0.5, 0.6) is 0 Å². The lowest BCUT2D eigenvalue weighted by Gasteiger charge is -2.40. The van der Waals surface area contributed by atoms with Gasteiger partial charge < -0.3 is 20.1 Å². The maximum atomic E-state index is 13.3. The highest BCUT2D eigenvalue weighted by atomic mass is 35.5. The molecule has 0 unspecified atom stereocenters. The normalized spacial score (nSPS) is 18.2. The number of H-pyrrole nitrogens is 1. The first-order valence-corrected chi connectivity index (χ1v) is 13.1. The Morgan fingerprint density at radius 2 is 1.74 bits per heavy atom. The molecule has 2 aromatic rings. The van der Waals surface area contributed by atoms with Gasteiger partial charge in [0.2, 0.25) is 0 Å². The fraction of sp³-hybridized carbons (Fsp3) is 0.571. The molecule has 0 aliphatic heterocycles. The molecule has 1 aromatic carbocycles. The van der Waals surface area contributed by atoms with Crippen molar-refractivity contribution in [3.05, 3.63) is 61.5 Å². The van der Waals surface area contributed by atoms with Crippen molar-refractivity contribution in [3.8, 4) is 0 Å². The number of halogens is 1. The van der Waals surface area contributed by atoms with E-state index in [1.54, 1.807) is 12.1 Å². The minimum Gasteiger partial charge on any atom is -0.369 e. The van der Waals surface area contributed by atoms with Crippen molar-refractivity contribution in [1.29, 1.82) is 0 Å². The monoisotopic (exact) mass is 500 g/mol. The third kappa shape index (κ3) is 6.28. The van der Waals surface area contributed by atoms with E-state index in [0.717, 1.165) is 42.0 Å². The number of carbonyl (C=O) groups excluding carboxylic acids is 1. The van der Waals surface area contributed by atoms with Crippen molar-refractivity contribution < 1.29 is 4.79 Å². The highest BCUT2D eigenvalue weighted by molar-refractivity contribution is 6.31. The Balaban J connectivity index is 1.84. The van der Waals surface area contributed by atoms with E-state index in [-0.39, 0.29) is 23.8 Å². The molecular weight excluding hydrogens is 460 g/mol. The Hall–Kier alpha value is -2.31. The maximum Gasteiger partial charge on any atom is 0.251 e. The Kier molecular flexibility index (Phi) is 9.05. The Labute approximate surface area is 215 Å². The molecule has 3 rings (SSSR count). The number of aromatic nitrogens is 1.